The number of benzene rings is 2. The van der Waals surface area contributed by atoms with E-state index in [0.717, 1.165) is 35.1 Å². The minimum absolute atomic E-state index is 0.0457. The first-order valence-electron chi connectivity index (χ1n) is 11.8. The van der Waals surface area contributed by atoms with Crippen LogP contribution in [0.25, 0.3) is 11.1 Å². The molecule has 35 heavy (non-hydrogen) atoms. The van der Waals surface area contributed by atoms with E-state index in [4.69, 9.17) is 4.74 Å². The minimum Gasteiger partial charge on any atom is -0.481 e. The second-order valence-electron chi connectivity index (χ2n) is 8.75. The molecule has 0 spiro atoms. The highest BCUT2D eigenvalue weighted by molar-refractivity contribution is 5.89. The van der Waals surface area contributed by atoms with Gasteiger partial charge in [0.05, 0.1) is 6.42 Å². The predicted octanol–water partition coefficient (Wildman–Crippen LogP) is 2.50. The predicted molar refractivity (Wildman–Crippen MR) is 128 cm³/mol. The third-order valence-corrected chi connectivity index (χ3v) is 6.43. The molecule has 4 rings (SSSR count). The van der Waals surface area contributed by atoms with E-state index in [1.165, 1.54) is 0 Å². The van der Waals surface area contributed by atoms with E-state index in [0.29, 0.717) is 19.5 Å². The smallest absolute Gasteiger partial charge is 0.407 e. The van der Waals surface area contributed by atoms with Crippen molar-refractivity contribution in [3.8, 4) is 11.1 Å². The fourth-order valence-corrected chi connectivity index (χ4v) is 4.70. The highest BCUT2D eigenvalue weighted by Gasteiger charge is 2.30. The molecule has 1 fully saturated rings. The number of amides is 3. The number of alkyl carbamates (subject to hydrolysis) is 1. The Morgan fingerprint density at radius 1 is 1.03 bits per heavy atom. The van der Waals surface area contributed by atoms with Crippen molar-refractivity contribution in [2.75, 3.05) is 26.2 Å². The van der Waals surface area contributed by atoms with Crippen molar-refractivity contribution in [2.45, 2.75) is 37.6 Å². The number of carbonyl (C=O) groups is 4. The number of hydrogen-bond acceptors (Lipinski definition) is 5. The van der Waals surface area contributed by atoms with E-state index in [9.17, 15) is 24.3 Å². The summed E-state index contributed by atoms with van der Waals surface area (Å²) in [5.74, 6) is -1.97. The molecule has 1 unspecified atom stereocenters. The molecule has 2 aliphatic rings. The number of hydrogen-bond donors (Lipinski definition) is 3. The zero-order chi connectivity index (χ0) is 24.8. The summed E-state index contributed by atoms with van der Waals surface area (Å²) in [6, 6.07) is 14.5. The Morgan fingerprint density at radius 3 is 2.31 bits per heavy atom. The lowest BCUT2D eigenvalue weighted by Gasteiger charge is -2.27. The second kappa shape index (κ2) is 11.0. The average Bonchev–Trinajstić information content (AvgIpc) is 3.17. The number of nitrogens with zero attached hydrogens (tertiary/aromatic N) is 1. The lowest BCUT2D eigenvalue weighted by Crippen LogP contribution is -2.50. The number of nitrogens with one attached hydrogen (secondary N) is 2. The van der Waals surface area contributed by atoms with Crippen LogP contribution in [0.2, 0.25) is 0 Å². The van der Waals surface area contributed by atoms with Crippen LogP contribution in [-0.2, 0) is 19.1 Å². The van der Waals surface area contributed by atoms with Crippen LogP contribution in [0, 0.1) is 0 Å². The van der Waals surface area contributed by atoms with Crippen LogP contribution in [0.3, 0.4) is 0 Å². The van der Waals surface area contributed by atoms with Gasteiger partial charge in [0.1, 0.15) is 12.6 Å². The molecular formula is C26H29N3O6. The Hall–Kier alpha value is -3.88. The lowest BCUT2D eigenvalue weighted by atomic mass is 9.98. The number of likely N-dealkylation sites (tertiary alicyclic amines) is 1. The van der Waals surface area contributed by atoms with Gasteiger partial charge in [0.2, 0.25) is 11.8 Å². The van der Waals surface area contributed by atoms with Crippen molar-refractivity contribution >= 4 is 23.9 Å². The summed E-state index contributed by atoms with van der Waals surface area (Å²) in [4.78, 5) is 49.9. The molecule has 9 nitrogen and oxygen atoms in total. The maximum Gasteiger partial charge on any atom is 0.407 e. The Bertz CT molecular complexity index is 1070. The molecule has 1 aliphatic carbocycles. The summed E-state index contributed by atoms with van der Waals surface area (Å²) < 4.78 is 5.44. The number of carbonyl (C=O) groups excluding carboxylic acids is 3. The molecule has 9 heteroatoms. The summed E-state index contributed by atoms with van der Waals surface area (Å²) in [5.41, 5.74) is 4.28. The molecule has 3 N–H and O–H groups in total. The van der Waals surface area contributed by atoms with Gasteiger partial charge in [0.25, 0.3) is 0 Å². The van der Waals surface area contributed by atoms with Gasteiger partial charge in [-0.15, -0.1) is 0 Å². The molecule has 0 saturated carbocycles. The zero-order valence-corrected chi connectivity index (χ0v) is 19.4. The third kappa shape index (κ3) is 5.79. The SMILES string of the molecule is O=C(O)CC(NC(=O)OCC1c2ccccc2-c2ccccc21)C(=O)NCCN1CCCCC1=O. The Kier molecular flexibility index (Phi) is 7.64. The quantitative estimate of drug-likeness (QED) is 0.508. The van der Waals surface area contributed by atoms with E-state index >= 15 is 0 Å². The first-order valence-corrected chi connectivity index (χ1v) is 11.8. The number of carboxylic acids is 1. The average molecular weight is 480 g/mol. The number of rotatable bonds is 9. The van der Waals surface area contributed by atoms with Crippen molar-refractivity contribution in [2.24, 2.45) is 0 Å². The third-order valence-electron chi connectivity index (χ3n) is 6.43. The van der Waals surface area contributed by atoms with E-state index in [-0.39, 0.29) is 25.0 Å². The largest absolute Gasteiger partial charge is 0.481 e. The van der Waals surface area contributed by atoms with Gasteiger partial charge in [-0.05, 0) is 35.1 Å². The van der Waals surface area contributed by atoms with E-state index < -0.39 is 30.4 Å². The number of aliphatic carboxylic acids is 1. The summed E-state index contributed by atoms with van der Waals surface area (Å²) >= 11 is 0. The van der Waals surface area contributed by atoms with Gasteiger partial charge in [-0.2, -0.15) is 0 Å². The van der Waals surface area contributed by atoms with Crippen LogP contribution in [-0.4, -0.2) is 66.2 Å². The van der Waals surface area contributed by atoms with Crippen molar-refractivity contribution in [3.05, 3.63) is 59.7 Å². The van der Waals surface area contributed by atoms with Gasteiger partial charge in [0.15, 0.2) is 0 Å². The first-order chi connectivity index (χ1) is 16.9. The number of fused-ring (bicyclic) bond motifs is 3. The number of piperidine rings is 1. The summed E-state index contributed by atoms with van der Waals surface area (Å²) in [5, 5.41) is 14.2. The standard InChI is InChI=1S/C26H29N3O6/c30-23-11-5-6-13-29(23)14-12-27-25(33)22(15-24(31)32)28-26(34)35-16-21-19-9-3-1-7-17(19)18-8-2-4-10-20(18)21/h1-4,7-10,21-22H,5-6,11-16H2,(H,27,33)(H,28,34)(H,31,32). The maximum atomic E-state index is 12.6. The molecular weight excluding hydrogens is 450 g/mol. The first kappa shape index (κ1) is 24.3. The molecule has 0 bridgehead atoms. The highest BCUT2D eigenvalue weighted by atomic mass is 16.5. The van der Waals surface area contributed by atoms with Crippen molar-refractivity contribution in [3.63, 3.8) is 0 Å². The molecule has 1 heterocycles. The Morgan fingerprint density at radius 2 is 1.69 bits per heavy atom. The fraction of sp³-hybridized carbons (Fsp3) is 0.385. The molecule has 1 atom stereocenters. The topological polar surface area (TPSA) is 125 Å². The van der Waals surface area contributed by atoms with Gasteiger partial charge in [-0.3, -0.25) is 14.4 Å². The van der Waals surface area contributed by atoms with Gasteiger partial charge < -0.3 is 25.4 Å². The van der Waals surface area contributed by atoms with Crippen LogP contribution in [0.5, 0.6) is 0 Å². The van der Waals surface area contributed by atoms with Crippen molar-refractivity contribution in [1.82, 2.24) is 15.5 Å². The van der Waals surface area contributed by atoms with Gasteiger partial charge in [0, 0.05) is 32.0 Å². The van der Waals surface area contributed by atoms with Crippen molar-refractivity contribution < 1.29 is 29.0 Å². The molecule has 1 aliphatic heterocycles. The van der Waals surface area contributed by atoms with Gasteiger partial charge >= 0.3 is 12.1 Å². The fourth-order valence-electron chi connectivity index (χ4n) is 4.70. The van der Waals surface area contributed by atoms with E-state index in [1.54, 1.807) is 4.90 Å². The van der Waals surface area contributed by atoms with Crippen molar-refractivity contribution in [1.29, 1.82) is 0 Å². The van der Waals surface area contributed by atoms with Crippen LogP contribution in [0.1, 0.15) is 42.7 Å². The lowest BCUT2D eigenvalue weighted by molar-refractivity contribution is -0.139. The highest BCUT2D eigenvalue weighted by Crippen LogP contribution is 2.44. The molecule has 1 saturated heterocycles. The van der Waals surface area contributed by atoms with E-state index in [1.807, 2.05) is 48.5 Å². The molecule has 184 valence electrons. The van der Waals surface area contributed by atoms with Gasteiger partial charge in [-0.1, -0.05) is 48.5 Å². The monoisotopic (exact) mass is 479 g/mol. The molecule has 2 aromatic carbocycles. The summed E-state index contributed by atoms with van der Waals surface area (Å²) in [6.45, 7) is 1.21. The van der Waals surface area contributed by atoms with Crippen LogP contribution >= 0.6 is 0 Å². The normalized spacial score (nSPS) is 15.7. The van der Waals surface area contributed by atoms with Crippen LogP contribution in [0.4, 0.5) is 4.79 Å². The molecule has 0 radical (unpaired) electrons. The number of ether oxygens (including phenoxy) is 1. The van der Waals surface area contributed by atoms with Gasteiger partial charge in [-0.25, -0.2) is 4.79 Å². The van der Waals surface area contributed by atoms with E-state index in [2.05, 4.69) is 10.6 Å². The number of carboxylic acid groups (broad SMARTS) is 1. The minimum atomic E-state index is -1.29. The maximum absolute atomic E-state index is 12.6. The zero-order valence-electron chi connectivity index (χ0n) is 19.4. The molecule has 0 aromatic heterocycles. The Balaban J connectivity index is 1.33. The van der Waals surface area contributed by atoms with Crippen LogP contribution in [0.15, 0.2) is 48.5 Å². The summed E-state index contributed by atoms with van der Waals surface area (Å²) in [6.07, 6.45) is 0.841. The summed E-state index contributed by atoms with van der Waals surface area (Å²) in [7, 11) is 0. The second-order valence-corrected chi connectivity index (χ2v) is 8.75. The van der Waals surface area contributed by atoms with Crippen LogP contribution < -0.4 is 10.6 Å². The molecule has 3 amide bonds. The molecule has 2 aromatic rings. The Labute approximate surface area is 203 Å².